The highest BCUT2D eigenvalue weighted by Gasteiger charge is 2.34. The van der Waals surface area contributed by atoms with Crippen LogP contribution in [0.3, 0.4) is 0 Å². The molecule has 0 heterocycles. The van der Waals surface area contributed by atoms with Gasteiger partial charge in [-0.2, -0.15) is 0 Å². The summed E-state index contributed by atoms with van der Waals surface area (Å²) in [6.07, 6.45) is 9.63. The van der Waals surface area contributed by atoms with Crippen LogP contribution < -0.4 is 20.1 Å². The van der Waals surface area contributed by atoms with Gasteiger partial charge in [-0.15, -0.1) is 0 Å². The van der Waals surface area contributed by atoms with Gasteiger partial charge in [-0.1, -0.05) is 120 Å². The lowest BCUT2D eigenvalue weighted by atomic mass is 9.84. The molecule has 4 aromatic rings. The van der Waals surface area contributed by atoms with Gasteiger partial charge in [0.1, 0.15) is 11.5 Å². The first-order valence-corrected chi connectivity index (χ1v) is 21.0. The molecule has 2 fully saturated rings. The zero-order valence-electron chi connectivity index (χ0n) is 30.9. The topological polar surface area (TPSA) is 76.7 Å². The Morgan fingerprint density at radius 3 is 1.33 bits per heavy atom. The van der Waals surface area contributed by atoms with Crippen molar-refractivity contribution in [1.82, 2.24) is 0 Å². The summed E-state index contributed by atoms with van der Waals surface area (Å²) in [4.78, 5) is 29.9. The van der Waals surface area contributed by atoms with Crippen LogP contribution in [0.25, 0.3) is 0 Å². The Bertz CT molecular complexity index is 1700. The summed E-state index contributed by atoms with van der Waals surface area (Å²) < 4.78 is 13.1. The van der Waals surface area contributed by atoms with E-state index in [4.69, 9.17) is 9.47 Å². The van der Waals surface area contributed by atoms with Crippen LogP contribution in [0.1, 0.15) is 86.5 Å². The van der Waals surface area contributed by atoms with E-state index in [1.165, 1.54) is 24.0 Å². The maximum atomic E-state index is 14.0. The number of hydrogen-bond donors (Lipinski definition) is 2. The molecule has 2 aliphatic carbocycles. The number of amides is 2. The predicted molar refractivity (Wildman–Crippen MR) is 216 cm³/mol. The van der Waals surface area contributed by atoms with Crippen LogP contribution in [0.2, 0.25) is 0 Å². The number of ether oxygens (including phenoxy) is 2. The van der Waals surface area contributed by atoms with Crippen LogP contribution in [-0.4, -0.2) is 24.0 Å². The van der Waals surface area contributed by atoms with Crippen LogP contribution in [0.4, 0.5) is 11.4 Å². The molecule has 0 bridgehead atoms. The molecule has 6 rings (SSSR count). The number of aryl methyl sites for hydroxylation is 4. The van der Waals surface area contributed by atoms with Gasteiger partial charge in [-0.05, 0) is 101 Å². The first kappa shape index (κ1) is 37.9. The largest absolute Gasteiger partial charge is 0.480 e. The molecule has 0 aromatic heterocycles. The highest BCUT2D eigenvalue weighted by Crippen LogP contribution is 2.44. The van der Waals surface area contributed by atoms with Gasteiger partial charge in [-0.3, -0.25) is 9.59 Å². The SMILES string of the molecule is Cc1ccc(OC(C(=O)Nc2ccccc2SSc2ccccc2NC(=O)C(Oc2ccc(C)cc2C)C2CCCCC2)C2CCCCC2)c(C)c1. The van der Waals surface area contributed by atoms with E-state index in [2.05, 4.69) is 36.6 Å². The van der Waals surface area contributed by atoms with Crippen molar-refractivity contribution >= 4 is 44.8 Å². The summed E-state index contributed by atoms with van der Waals surface area (Å²) >= 11 is 0. The maximum absolute atomic E-state index is 14.0. The van der Waals surface area contributed by atoms with Crippen LogP contribution >= 0.6 is 21.6 Å². The molecule has 0 spiro atoms. The lowest BCUT2D eigenvalue weighted by Gasteiger charge is -2.30. The van der Waals surface area contributed by atoms with Crippen molar-refractivity contribution < 1.29 is 19.1 Å². The summed E-state index contributed by atoms with van der Waals surface area (Å²) in [6.45, 7) is 8.21. The molecule has 6 nitrogen and oxygen atoms in total. The molecule has 4 aromatic carbocycles. The lowest BCUT2D eigenvalue weighted by molar-refractivity contribution is -0.126. The fourth-order valence-corrected chi connectivity index (χ4v) is 9.80. The van der Waals surface area contributed by atoms with E-state index in [1.807, 2.05) is 86.6 Å². The van der Waals surface area contributed by atoms with Crippen LogP contribution in [0.15, 0.2) is 94.7 Å². The van der Waals surface area contributed by atoms with Gasteiger partial charge < -0.3 is 20.1 Å². The monoisotopic (exact) mass is 736 g/mol. The van der Waals surface area contributed by atoms with E-state index in [-0.39, 0.29) is 23.7 Å². The second-order valence-electron chi connectivity index (χ2n) is 14.5. The molecule has 0 aliphatic heterocycles. The third-order valence-corrected chi connectivity index (χ3v) is 12.8. The van der Waals surface area contributed by atoms with E-state index >= 15 is 0 Å². The smallest absolute Gasteiger partial charge is 0.265 e. The normalized spacial score (nSPS) is 16.5. The van der Waals surface area contributed by atoms with Crippen molar-refractivity contribution in [3.63, 3.8) is 0 Å². The van der Waals surface area contributed by atoms with Crippen LogP contribution in [-0.2, 0) is 9.59 Å². The number of rotatable bonds is 13. The van der Waals surface area contributed by atoms with E-state index in [0.717, 1.165) is 95.2 Å². The van der Waals surface area contributed by atoms with E-state index in [1.54, 1.807) is 21.6 Å². The third-order valence-electron chi connectivity index (χ3n) is 10.4. The summed E-state index contributed by atoms with van der Waals surface area (Å²) in [6, 6.07) is 28.0. The van der Waals surface area contributed by atoms with Crippen molar-refractivity contribution in [3.05, 3.63) is 107 Å². The minimum Gasteiger partial charge on any atom is -0.480 e. The number of carbonyl (C=O) groups excluding carboxylic acids is 2. The van der Waals surface area contributed by atoms with Crippen molar-refractivity contribution in [3.8, 4) is 11.5 Å². The second-order valence-corrected chi connectivity index (χ2v) is 16.8. The average molecular weight is 737 g/mol. The molecule has 2 saturated carbocycles. The second kappa shape index (κ2) is 18.2. The van der Waals surface area contributed by atoms with Gasteiger partial charge in [-0.25, -0.2) is 0 Å². The molecule has 2 unspecified atom stereocenters. The molecule has 52 heavy (non-hydrogen) atoms. The lowest BCUT2D eigenvalue weighted by Crippen LogP contribution is -2.40. The number of nitrogens with one attached hydrogen (secondary N) is 2. The fourth-order valence-electron chi connectivity index (χ4n) is 7.52. The molecule has 2 amide bonds. The van der Waals surface area contributed by atoms with Crippen molar-refractivity contribution in [2.45, 2.75) is 114 Å². The molecule has 8 heteroatoms. The van der Waals surface area contributed by atoms with Crippen molar-refractivity contribution in [2.24, 2.45) is 11.8 Å². The number of para-hydroxylation sites is 2. The molecule has 0 saturated heterocycles. The Labute approximate surface area is 317 Å². The van der Waals surface area contributed by atoms with E-state index in [0.29, 0.717) is 0 Å². The third kappa shape index (κ3) is 9.95. The summed E-state index contributed by atoms with van der Waals surface area (Å²) in [7, 11) is 3.12. The van der Waals surface area contributed by atoms with E-state index in [9.17, 15) is 9.59 Å². The minimum absolute atomic E-state index is 0.116. The van der Waals surface area contributed by atoms with Crippen LogP contribution in [0.5, 0.6) is 11.5 Å². The minimum atomic E-state index is -0.577. The number of carbonyl (C=O) groups is 2. The van der Waals surface area contributed by atoms with Gasteiger partial charge in [0.25, 0.3) is 11.8 Å². The van der Waals surface area contributed by atoms with Gasteiger partial charge in [0.05, 0.1) is 11.4 Å². The highest BCUT2D eigenvalue weighted by atomic mass is 33.1. The predicted octanol–water partition coefficient (Wildman–Crippen LogP) is 11.7. The zero-order chi connectivity index (χ0) is 36.5. The van der Waals surface area contributed by atoms with Gasteiger partial charge in [0.2, 0.25) is 0 Å². The first-order chi connectivity index (χ1) is 25.2. The molecule has 0 radical (unpaired) electrons. The Morgan fingerprint density at radius 1 is 0.558 bits per heavy atom. The summed E-state index contributed by atoms with van der Waals surface area (Å²) in [5.41, 5.74) is 5.90. The van der Waals surface area contributed by atoms with Gasteiger partial charge in [0.15, 0.2) is 12.2 Å². The van der Waals surface area contributed by atoms with E-state index < -0.39 is 12.2 Å². The Morgan fingerprint density at radius 2 is 0.942 bits per heavy atom. The van der Waals surface area contributed by atoms with Gasteiger partial charge >= 0.3 is 0 Å². The highest BCUT2D eigenvalue weighted by molar-refractivity contribution is 8.76. The fraction of sp³-hybridized carbons (Fsp3) is 0.409. The Hall–Kier alpha value is -3.88. The quantitative estimate of drug-likeness (QED) is 0.133. The number of benzene rings is 4. The zero-order valence-corrected chi connectivity index (χ0v) is 32.5. The summed E-state index contributed by atoms with van der Waals surface area (Å²) in [5.74, 6) is 1.62. The van der Waals surface area contributed by atoms with Gasteiger partial charge in [0, 0.05) is 21.6 Å². The van der Waals surface area contributed by atoms with Crippen molar-refractivity contribution in [2.75, 3.05) is 10.6 Å². The Kier molecular flexibility index (Phi) is 13.3. The number of hydrogen-bond acceptors (Lipinski definition) is 6. The molecular formula is C44H52N2O4S2. The molecule has 2 aliphatic rings. The maximum Gasteiger partial charge on any atom is 0.265 e. The molecule has 274 valence electrons. The molecule has 2 atom stereocenters. The summed E-state index contributed by atoms with van der Waals surface area (Å²) in [5, 5.41) is 6.48. The average Bonchev–Trinajstić information content (AvgIpc) is 3.15. The number of anilines is 2. The standard InChI is InChI=1S/C44H52N2O4S2/c1-29-23-25-37(31(3)27-29)49-41(33-15-7-5-8-16-33)43(47)45-35-19-11-13-21-39(35)51-52-40-22-14-12-20-36(40)46-44(48)42(34-17-9-6-10-18-34)50-38-26-24-30(2)28-32(38)4/h11-14,19-28,33-34,41-42H,5-10,15-18H2,1-4H3,(H,45,47)(H,46,48). The molecule has 2 N–H and O–H groups in total. The van der Waals surface area contributed by atoms with Crippen LogP contribution in [0, 0.1) is 39.5 Å². The Balaban J connectivity index is 1.16. The first-order valence-electron chi connectivity index (χ1n) is 18.9. The van der Waals surface area contributed by atoms with Crippen molar-refractivity contribution in [1.29, 1.82) is 0 Å². The molecular weight excluding hydrogens is 685 g/mol.